The van der Waals surface area contributed by atoms with Crippen molar-refractivity contribution < 1.29 is 24.5 Å². The van der Waals surface area contributed by atoms with E-state index in [0.29, 0.717) is 30.3 Å². The maximum absolute atomic E-state index is 11.0. The molecule has 2 aromatic carbocycles. The fourth-order valence-electron chi connectivity index (χ4n) is 2.49. The summed E-state index contributed by atoms with van der Waals surface area (Å²) in [6.45, 7) is 1.64. The number of nitrogens with one attached hydrogen (secondary N) is 1. The van der Waals surface area contributed by atoms with E-state index in [2.05, 4.69) is 5.32 Å². The van der Waals surface area contributed by atoms with Crippen molar-refractivity contribution >= 4 is 27.4 Å². The van der Waals surface area contributed by atoms with Crippen LogP contribution in [0.25, 0.3) is 10.1 Å². The Kier molecular flexibility index (Phi) is 6.64. The number of carboxylic acid groups (broad SMARTS) is 1. The van der Waals surface area contributed by atoms with Gasteiger partial charge in [-0.25, -0.2) is 4.79 Å². The molecule has 3 rings (SSSR count). The Morgan fingerprint density at radius 1 is 1.07 bits per heavy atom. The van der Waals surface area contributed by atoms with Crippen molar-refractivity contribution in [2.45, 2.75) is 6.10 Å². The molecule has 1 aromatic heterocycles. The minimum absolute atomic E-state index is 0.221. The van der Waals surface area contributed by atoms with Crippen LogP contribution in [0.15, 0.2) is 54.6 Å². The van der Waals surface area contributed by atoms with Crippen molar-refractivity contribution in [3.05, 3.63) is 59.5 Å². The number of aromatic carboxylic acids is 1. The third-order valence-electron chi connectivity index (χ3n) is 3.81. The van der Waals surface area contributed by atoms with Crippen molar-refractivity contribution in [2.75, 3.05) is 26.3 Å². The molecule has 3 N–H and O–H groups in total. The molecule has 0 bridgehead atoms. The summed E-state index contributed by atoms with van der Waals surface area (Å²) in [5, 5.41) is 22.9. The zero-order valence-electron chi connectivity index (χ0n) is 14.6. The lowest BCUT2D eigenvalue weighted by atomic mass is 10.2. The molecule has 142 valence electrons. The van der Waals surface area contributed by atoms with Crippen molar-refractivity contribution in [1.29, 1.82) is 0 Å². The third-order valence-corrected chi connectivity index (χ3v) is 4.92. The summed E-state index contributed by atoms with van der Waals surface area (Å²) in [5.74, 6) is 0.499. The van der Waals surface area contributed by atoms with E-state index in [4.69, 9.17) is 14.6 Å². The maximum atomic E-state index is 11.0. The van der Waals surface area contributed by atoms with E-state index in [-0.39, 0.29) is 6.61 Å². The monoisotopic (exact) mass is 387 g/mol. The molecule has 0 saturated heterocycles. The predicted octanol–water partition coefficient (Wildman–Crippen LogP) is 3.01. The van der Waals surface area contributed by atoms with Gasteiger partial charge in [0.25, 0.3) is 0 Å². The van der Waals surface area contributed by atoms with Gasteiger partial charge in [-0.2, -0.15) is 0 Å². The standard InChI is InChI=1S/C20H21NO5S/c22-15(13-26-16-4-2-1-3-5-16)12-21-8-9-25-17-6-7-18-14(10-17)11-19(27-18)20(23)24/h1-7,10-11,15,21-22H,8-9,12-13H2,(H,23,24). The van der Waals surface area contributed by atoms with Crippen LogP contribution in [0.1, 0.15) is 9.67 Å². The molecular weight excluding hydrogens is 366 g/mol. The first-order valence-electron chi connectivity index (χ1n) is 8.58. The summed E-state index contributed by atoms with van der Waals surface area (Å²) < 4.78 is 12.1. The van der Waals surface area contributed by atoms with E-state index in [9.17, 15) is 9.90 Å². The van der Waals surface area contributed by atoms with Crippen LogP contribution in [0.3, 0.4) is 0 Å². The quantitative estimate of drug-likeness (QED) is 0.464. The molecule has 0 spiro atoms. The predicted molar refractivity (Wildman–Crippen MR) is 105 cm³/mol. The smallest absolute Gasteiger partial charge is 0.345 e. The number of carboxylic acids is 1. The van der Waals surface area contributed by atoms with Crippen LogP contribution in [-0.2, 0) is 0 Å². The van der Waals surface area contributed by atoms with Crippen molar-refractivity contribution in [3.8, 4) is 11.5 Å². The molecule has 0 aliphatic rings. The maximum Gasteiger partial charge on any atom is 0.345 e. The van der Waals surface area contributed by atoms with Crippen molar-refractivity contribution in [1.82, 2.24) is 5.32 Å². The van der Waals surface area contributed by atoms with Crippen LogP contribution in [0.4, 0.5) is 0 Å². The number of thiophene rings is 1. The molecule has 7 heteroatoms. The van der Waals surface area contributed by atoms with Gasteiger partial charge in [0.1, 0.15) is 35.7 Å². The number of rotatable bonds is 10. The van der Waals surface area contributed by atoms with Crippen molar-refractivity contribution in [3.63, 3.8) is 0 Å². The lowest BCUT2D eigenvalue weighted by molar-refractivity contribution is 0.0702. The molecular formula is C20H21NO5S. The Hall–Kier alpha value is -2.61. The number of para-hydroxylation sites is 1. The molecule has 6 nitrogen and oxygen atoms in total. The molecule has 1 unspecified atom stereocenters. The second-order valence-corrected chi connectivity index (χ2v) is 7.03. The van der Waals surface area contributed by atoms with Gasteiger partial charge < -0.3 is 25.0 Å². The molecule has 27 heavy (non-hydrogen) atoms. The van der Waals surface area contributed by atoms with E-state index in [1.807, 2.05) is 48.5 Å². The Balaban J connectivity index is 1.36. The zero-order valence-corrected chi connectivity index (χ0v) is 15.4. The summed E-state index contributed by atoms with van der Waals surface area (Å²) in [6, 6.07) is 16.5. The minimum atomic E-state index is -0.919. The first kappa shape index (κ1) is 19.2. The van der Waals surface area contributed by atoms with E-state index in [0.717, 1.165) is 15.8 Å². The Labute approximate surface area is 161 Å². The summed E-state index contributed by atoms with van der Waals surface area (Å²) in [4.78, 5) is 11.3. The second-order valence-electron chi connectivity index (χ2n) is 5.95. The first-order valence-corrected chi connectivity index (χ1v) is 9.40. The summed E-state index contributed by atoms with van der Waals surface area (Å²) in [6.07, 6.45) is -0.609. The first-order chi connectivity index (χ1) is 13.1. The number of aliphatic hydroxyl groups excluding tert-OH is 1. The van der Waals surface area contributed by atoms with Gasteiger partial charge in [0.15, 0.2) is 0 Å². The largest absolute Gasteiger partial charge is 0.492 e. The van der Waals surface area contributed by atoms with Gasteiger partial charge in [-0.15, -0.1) is 11.3 Å². The summed E-state index contributed by atoms with van der Waals surface area (Å²) >= 11 is 1.25. The highest BCUT2D eigenvalue weighted by atomic mass is 32.1. The normalized spacial score (nSPS) is 12.0. The van der Waals surface area contributed by atoms with Gasteiger partial charge in [-0.1, -0.05) is 18.2 Å². The topological polar surface area (TPSA) is 88.0 Å². The molecule has 1 heterocycles. The van der Waals surface area contributed by atoms with Gasteiger partial charge in [-0.05, 0) is 41.8 Å². The number of carbonyl (C=O) groups is 1. The second kappa shape index (κ2) is 9.36. The van der Waals surface area contributed by atoms with Gasteiger partial charge in [0, 0.05) is 17.8 Å². The lowest BCUT2D eigenvalue weighted by Crippen LogP contribution is -2.33. The number of ether oxygens (including phenoxy) is 2. The van der Waals surface area contributed by atoms with Crippen molar-refractivity contribution in [2.24, 2.45) is 0 Å². The molecule has 0 aliphatic heterocycles. The average Bonchev–Trinajstić information content (AvgIpc) is 3.11. The lowest BCUT2D eigenvalue weighted by Gasteiger charge is -2.13. The summed E-state index contributed by atoms with van der Waals surface area (Å²) in [7, 11) is 0. The Morgan fingerprint density at radius 2 is 1.89 bits per heavy atom. The van der Waals surface area contributed by atoms with Crippen LogP contribution in [-0.4, -0.2) is 48.6 Å². The van der Waals surface area contributed by atoms with E-state index in [1.54, 1.807) is 6.07 Å². The molecule has 3 aromatic rings. The van der Waals surface area contributed by atoms with E-state index >= 15 is 0 Å². The number of hydrogen-bond acceptors (Lipinski definition) is 6. The fraction of sp³-hybridized carbons (Fsp3) is 0.250. The van der Waals surface area contributed by atoms with E-state index < -0.39 is 12.1 Å². The highest BCUT2D eigenvalue weighted by Gasteiger charge is 2.09. The van der Waals surface area contributed by atoms with Crippen LogP contribution in [0.5, 0.6) is 11.5 Å². The molecule has 0 radical (unpaired) electrons. The number of fused-ring (bicyclic) bond motifs is 1. The highest BCUT2D eigenvalue weighted by Crippen LogP contribution is 2.28. The molecule has 0 aliphatic carbocycles. The van der Waals surface area contributed by atoms with Crippen LogP contribution >= 0.6 is 11.3 Å². The van der Waals surface area contributed by atoms with Gasteiger partial charge in [0.2, 0.25) is 0 Å². The average molecular weight is 387 g/mol. The zero-order chi connectivity index (χ0) is 19.1. The molecule has 0 amide bonds. The van der Waals surface area contributed by atoms with Crippen LogP contribution in [0.2, 0.25) is 0 Å². The molecule has 0 fully saturated rings. The Bertz CT molecular complexity index is 880. The third kappa shape index (κ3) is 5.68. The summed E-state index contributed by atoms with van der Waals surface area (Å²) in [5.41, 5.74) is 0. The SMILES string of the molecule is O=C(O)c1cc2cc(OCCNCC(O)COc3ccccc3)ccc2s1. The minimum Gasteiger partial charge on any atom is -0.492 e. The fourth-order valence-corrected chi connectivity index (χ4v) is 3.38. The number of benzene rings is 2. The molecule has 1 atom stereocenters. The van der Waals surface area contributed by atoms with Crippen LogP contribution in [0, 0.1) is 0 Å². The number of hydrogen-bond donors (Lipinski definition) is 3. The Morgan fingerprint density at radius 3 is 2.67 bits per heavy atom. The van der Waals surface area contributed by atoms with E-state index in [1.165, 1.54) is 11.3 Å². The van der Waals surface area contributed by atoms with Gasteiger partial charge >= 0.3 is 5.97 Å². The molecule has 0 saturated carbocycles. The van der Waals surface area contributed by atoms with Gasteiger partial charge in [0.05, 0.1) is 0 Å². The highest BCUT2D eigenvalue weighted by molar-refractivity contribution is 7.20. The van der Waals surface area contributed by atoms with Crippen LogP contribution < -0.4 is 14.8 Å². The number of aliphatic hydroxyl groups is 1. The van der Waals surface area contributed by atoms with Gasteiger partial charge in [-0.3, -0.25) is 0 Å².